The third kappa shape index (κ3) is 5.31. The molecule has 1 heterocycles. The summed E-state index contributed by atoms with van der Waals surface area (Å²) < 4.78 is 5.61. The first kappa shape index (κ1) is 16.8. The topological polar surface area (TPSA) is 75.8 Å². The first-order chi connectivity index (χ1) is 10.5. The Labute approximate surface area is 132 Å². The van der Waals surface area contributed by atoms with Gasteiger partial charge in [-0.05, 0) is 38.4 Å². The third-order valence-corrected chi connectivity index (χ3v) is 4.09. The largest absolute Gasteiger partial charge is 0.491 e. The summed E-state index contributed by atoms with van der Waals surface area (Å²) in [6.07, 6.45) is 2.97. The molecule has 1 aromatic carbocycles. The Bertz CT molecular complexity index is 475. The van der Waals surface area contributed by atoms with Gasteiger partial charge in [-0.3, -0.25) is 9.69 Å². The molecule has 1 aromatic rings. The minimum atomic E-state index is -0.574. The van der Waals surface area contributed by atoms with Gasteiger partial charge in [-0.2, -0.15) is 0 Å². The number of nitrogens with zero attached hydrogens (tertiary/aromatic N) is 1. The Morgan fingerprint density at radius 1 is 1.41 bits per heavy atom. The standard InChI is InChI=1S/C17H26N2O3/c1-13-5-7-16(8-6-13)22-12-15(20)11-19-9-3-2-4-14(19)10-17(18)21/h5-8,14-15,20H,2-4,9-12H2,1H3,(H2,18,21). The zero-order chi connectivity index (χ0) is 15.9. The highest BCUT2D eigenvalue weighted by molar-refractivity contribution is 5.74. The molecule has 1 amide bonds. The number of β-amino-alcohol motifs (C(OH)–C–C–N with tert-alkyl or cyclic N) is 1. The van der Waals surface area contributed by atoms with Gasteiger partial charge in [-0.1, -0.05) is 24.1 Å². The van der Waals surface area contributed by atoms with Crippen molar-refractivity contribution in [3.8, 4) is 5.75 Å². The van der Waals surface area contributed by atoms with Crippen LogP contribution in [0.5, 0.6) is 5.75 Å². The molecule has 1 fully saturated rings. The molecule has 2 atom stereocenters. The molecule has 1 saturated heterocycles. The van der Waals surface area contributed by atoms with Crippen LogP contribution in [0.2, 0.25) is 0 Å². The molecule has 0 bridgehead atoms. The molecule has 0 aromatic heterocycles. The lowest BCUT2D eigenvalue weighted by Crippen LogP contribution is -2.46. The van der Waals surface area contributed by atoms with Gasteiger partial charge in [-0.25, -0.2) is 0 Å². The Morgan fingerprint density at radius 3 is 2.82 bits per heavy atom. The highest BCUT2D eigenvalue weighted by Crippen LogP contribution is 2.20. The number of rotatable bonds is 7. The van der Waals surface area contributed by atoms with Crippen molar-refractivity contribution >= 4 is 5.91 Å². The number of benzene rings is 1. The molecule has 0 saturated carbocycles. The molecule has 0 aliphatic carbocycles. The number of aliphatic hydroxyl groups excluding tert-OH is 1. The van der Waals surface area contributed by atoms with Crippen LogP contribution in [0, 0.1) is 6.92 Å². The maximum absolute atomic E-state index is 11.1. The Hall–Kier alpha value is -1.59. The third-order valence-electron chi connectivity index (χ3n) is 4.09. The van der Waals surface area contributed by atoms with E-state index in [9.17, 15) is 9.90 Å². The van der Waals surface area contributed by atoms with Crippen LogP contribution in [0.25, 0.3) is 0 Å². The van der Waals surface area contributed by atoms with E-state index >= 15 is 0 Å². The van der Waals surface area contributed by atoms with E-state index in [4.69, 9.17) is 10.5 Å². The van der Waals surface area contributed by atoms with Gasteiger partial charge in [0.1, 0.15) is 18.5 Å². The second-order valence-corrected chi connectivity index (χ2v) is 6.09. The zero-order valence-electron chi connectivity index (χ0n) is 13.2. The van der Waals surface area contributed by atoms with Crippen LogP contribution in [0.3, 0.4) is 0 Å². The van der Waals surface area contributed by atoms with Gasteiger partial charge in [0.15, 0.2) is 0 Å². The van der Waals surface area contributed by atoms with Gasteiger partial charge < -0.3 is 15.6 Å². The summed E-state index contributed by atoms with van der Waals surface area (Å²) in [4.78, 5) is 13.3. The van der Waals surface area contributed by atoms with Crippen molar-refractivity contribution in [2.24, 2.45) is 5.73 Å². The van der Waals surface area contributed by atoms with Gasteiger partial charge in [0.2, 0.25) is 5.91 Å². The van der Waals surface area contributed by atoms with E-state index in [0.29, 0.717) is 13.0 Å². The number of carbonyl (C=O) groups is 1. The summed E-state index contributed by atoms with van der Waals surface area (Å²) in [5.74, 6) is 0.485. The number of carbonyl (C=O) groups excluding carboxylic acids is 1. The summed E-state index contributed by atoms with van der Waals surface area (Å²) in [6.45, 7) is 3.69. The van der Waals surface area contributed by atoms with Crippen molar-refractivity contribution in [2.45, 2.75) is 44.8 Å². The minimum absolute atomic E-state index is 0.153. The molecule has 5 nitrogen and oxygen atoms in total. The van der Waals surface area contributed by atoms with Crippen LogP contribution in [0.1, 0.15) is 31.2 Å². The van der Waals surface area contributed by atoms with Crippen molar-refractivity contribution in [3.05, 3.63) is 29.8 Å². The normalized spacial score (nSPS) is 20.5. The highest BCUT2D eigenvalue weighted by Gasteiger charge is 2.25. The predicted molar refractivity (Wildman–Crippen MR) is 85.7 cm³/mol. The SMILES string of the molecule is Cc1ccc(OCC(O)CN2CCCCC2CC(N)=O)cc1. The smallest absolute Gasteiger partial charge is 0.218 e. The van der Waals surface area contributed by atoms with Crippen LogP contribution < -0.4 is 10.5 Å². The molecule has 0 radical (unpaired) electrons. The van der Waals surface area contributed by atoms with E-state index in [1.165, 1.54) is 5.56 Å². The number of aryl methyl sites for hydroxylation is 1. The molecule has 1 aliphatic heterocycles. The number of aliphatic hydroxyl groups is 1. The van der Waals surface area contributed by atoms with Crippen LogP contribution in [0.15, 0.2) is 24.3 Å². The van der Waals surface area contributed by atoms with Crippen LogP contribution >= 0.6 is 0 Å². The van der Waals surface area contributed by atoms with Crippen molar-refractivity contribution in [2.75, 3.05) is 19.7 Å². The molecular weight excluding hydrogens is 280 g/mol. The molecule has 0 spiro atoms. The molecule has 2 rings (SSSR count). The lowest BCUT2D eigenvalue weighted by atomic mass is 9.98. The van der Waals surface area contributed by atoms with Crippen LogP contribution in [0.4, 0.5) is 0 Å². The molecule has 22 heavy (non-hydrogen) atoms. The maximum atomic E-state index is 11.1. The van der Waals surface area contributed by atoms with E-state index in [0.717, 1.165) is 31.6 Å². The number of hydrogen-bond donors (Lipinski definition) is 2. The second kappa shape index (κ2) is 8.15. The van der Waals surface area contributed by atoms with E-state index in [-0.39, 0.29) is 18.6 Å². The number of piperidine rings is 1. The summed E-state index contributed by atoms with van der Waals surface area (Å²) in [5, 5.41) is 10.2. The Balaban J connectivity index is 1.80. The summed E-state index contributed by atoms with van der Waals surface area (Å²) >= 11 is 0. The van der Waals surface area contributed by atoms with E-state index in [2.05, 4.69) is 4.90 Å². The minimum Gasteiger partial charge on any atom is -0.491 e. The summed E-state index contributed by atoms with van der Waals surface area (Å²) in [6, 6.07) is 7.92. The first-order valence-electron chi connectivity index (χ1n) is 7.94. The summed E-state index contributed by atoms with van der Waals surface area (Å²) in [5.41, 5.74) is 6.49. The molecular formula is C17H26N2O3. The zero-order valence-corrected chi connectivity index (χ0v) is 13.2. The van der Waals surface area contributed by atoms with Gasteiger partial charge in [0, 0.05) is 19.0 Å². The van der Waals surface area contributed by atoms with Crippen molar-refractivity contribution in [1.29, 1.82) is 0 Å². The Kier molecular flexibility index (Phi) is 6.21. The first-order valence-corrected chi connectivity index (χ1v) is 7.94. The average Bonchev–Trinajstić information content (AvgIpc) is 2.48. The Morgan fingerprint density at radius 2 is 2.14 bits per heavy atom. The monoisotopic (exact) mass is 306 g/mol. The number of ether oxygens (including phenoxy) is 1. The van der Waals surface area contributed by atoms with Gasteiger partial charge in [0.05, 0.1) is 0 Å². The van der Waals surface area contributed by atoms with Crippen molar-refractivity contribution < 1.29 is 14.6 Å². The van der Waals surface area contributed by atoms with E-state index < -0.39 is 6.10 Å². The predicted octanol–water partition coefficient (Wildman–Crippen LogP) is 1.46. The van der Waals surface area contributed by atoms with E-state index in [1.807, 2.05) is 31.2 Å². The lowest BCUT2D eigenvalue weighted by molar-refractivity contribution is -0.119. The highest BCUT2D eigenvalue weighted by atomic mass is 16.5. The van der Waals surface area contributed by atoms with Gasteiger partial charge in [0.25, 0.3) is 0 Å². The molecule has 2 unspecified atom stereocenters. The number of likely N-dealkylation sites (tertiary alicyclic amines) is 1. The van der Waals surface area contributed by atoms with Crippen molar-refractivity contribution in [1.82, 2.24) is 4.90 Å². The number of nitrogens with two attached hydrogens (primary N) is 1. The fourth-order valence-corrected chi connectivity index (χ4v) is 2.91. The van der Waals surface area contributed by atoms with E-state index in [1.54, 1.807) is 0 Å². The maximum Gasteiger partial charge on any atom is 0.218 e. The van der Waals surface area contributed by atoms with Crippen LogP contribution in [-0.4, -0.2) is 47.8 Å². The number of amides is 1. The number of primary amides is 1. The molecule has 3 N–H and O–H groups in total. The fourth-order valence-electron chi connectivity index (χ4n) is 2.91. The fraction of sp³-hybridized carbons (Fsp3) is 0.588. The molecule has 1 aliphatic rings. The van der Waals surface area contributed by atoms with Gasteiger partial charge in [-0.15, -0.1) is 0 Å². The summed E-state index contributed by atoms with van der Waals surface area (Å²) in [7, 11) is 0. The molecule has 122 valence electrons. The van der Waals surface area contributed by atoms with Crippen molar-refractivity contribution in [3.63, 3.8) is 0 Å². The van der Waals surface area contributed by atoms with Crippen LogP contribution in [-0.2, 0) is 4.79 Å². The second-order valence-electron chi connectivity index (χ2n) is 6.09. The lowest BCUT2D eigenvalue weighted by Gasteiger charge is -2.36. The average molecular weight is 306 g/mol. The quantitative estimate of drug-likeness (QED) is 0.800. The molecule has 5 heteroatoms. The van der Waals surface area contributed by atoms with Gasteiger partial charge >= 0.3 is 0 Å². The number of hydrogen-bond acceptors (Lipinski definition) is 4.